The van der Waals surface area contributed by atoms with Gasteiger partial charge in [0.2, 0.25) is 6.10 Å². The van der Waals surface area contributed by atoms with Crippen molar-refractivity contribution in [3.63, 3.8) is 0 Å². The number of carboxylic acids is 1. The number of hydrogen-bond acceptors (Lipinski definition) is 4. The molecule has 0 bridgehead atoms. The molecule has 23 heavy (non-hydrogen) atoms. The maximum absolute atomic E-state index is 11.2. The van der Waals surface area contributed by atoms with Crippen molar-refractivity contribution in [3.8, 4) is 5.75 Å². The number of carbonyl (C=O) groups is 2. The first kappa shape index (κ1) is 14.9. The van der Waals surface area contributed by atoms with Gasteiger partial charge in [0.25, 0.3) is 0 Å². The van der Waals surface area contributed by atoms with E-state index < -0.39 is 24.2 Å². The first-order chi connectivity index (χ1) is 11.1. The minimum Gasteiger partial charge on any atom is -0.489 e. The molecule has 0 radical (unpaired) electrons. The van der Waals surface area contributed by atoms with E-state index in [1.54, 1.807) is 24.3 Å². The Kier molecular flexibility index (Phi) is 4.14. The predicted octanol–water partition coefficient (Wildman–Crippen LogP) is 2.50. The number of rotatable bonds is 5. The van der Waals surface area contributed by atoms with Gasteiger partial charge in [-0.1, -0.05) is 42.5 Å². The molecule has 1 aliphatic rings. The monoisotopic (exact) mass is 313 g/mol. The molecule has 6 heteroatoms. The van der Waals surface area contributed by atoms with Crippen LogP contribution in [0.1, 0.15) is 17.2 Å². The van der Waals surface area contributed by atoms with Crippen LogP contribution in [0.5, 0.6) is 5.75 Å². The quantitative estimate of drug-likeness (QED) is 0.886. The van der Waals surface area contributed by atoms with Gasteiger partial charge < -0.3 is 19.9 Å². The van der Waals surface area contributed by atoms with E-state index in [1.807, 2.05) is 30.3 Å². The Morgan fingerprint density at radius 3 is 2.48 bits per heavy atom. The number of ether oxygens (including phenoxy) is 2. The summed E-state index contributed by atoms with van der Waals surface area (Å²) in [5, 5.41) is 11.6. The molecular weight excluding hydrogens is 298 g/mol. The molecule has 0 saturated carbocycles. The summed E-state index contributed by atoms with van der Waals surface area (Å²) in [6.07, 6.45) is -1.95. The average Bonchev–Trinajstić information content (AvgIpc) is 2.97. The third kappa shape index (κ3) is 3.42. The number of alkyl carbamates (subject to hydrolysis) is 1. The molecule has 1 fully saturated rings. The van der Waals surface area contributed by atoms with Crippen LogP contribution in [0, 0.1) is 0 Å². The fourth-order valence-corrected chi connectivity index (χ4v) is 2.38. The summed E-state index contributed by atoms with van der Waals surface area (Å²) < 4.78 is 10.4. The third-order valence-electron chi connectivity index (χ3n) is 3.54. The van der Waals surface area contributed by atoms with Crippen LogP contribution in [-0.4, -0.2) is 23.3 Å². The van der Waals surface area contributed by atoms with E-state index in [0.717, 1.165) is 5.56 Å². The Bertz CT molecular complexity index is 699. The van der Waals surface area contributed by atoms with Crippen LogP contribution in [0.4, 0.5) is 4.79 Å². The van der Waals surface area contributed by atoms with Gasteiger partial charge in [-0.2, -0.15) is 0 Å². The van der Waals surface area contributed by atoms with E-state index >= 15 is 0 Å². The highest BCUT2D eigenvalue weighted by Gasteiger charge is 2.40. The first-order valence-electron chi connectivity index (χ1n) is 7.10. The molecular formula is C17H15NO5. The largest absolute Gasteiger partial charge is 0.489 e. The highest BCUT2D eigenvalue weighted by Crippen LogP contribution is 2.26. The Labute approximate surface area is 132 Å². The van der Waals surface area contributed by atoms with Gasteiger partial charge in [0, 0.05) is 0 Å². The van der Waals surface area contributed by atoms with Crippen molar-refractivity contribution in [1.29, 1.82) is 0 Å². The number of amides is 1. The number of aliphatic carboxylic acids is 1. The van der Waals surface area contributed by atoms with E-state index in [-0.39, 0.29) is 0 Å². The average molecular weight is 313 g/mol. The van der Waals surface area contributed by atoms with Crippen LogP contribution in [0.25, 0.3) is 0 Å². The van der Waals surface area contributed by atoms with E-state index in [4.69, 9.17) is 14.6 Å². The lowest BCUT2D eigenvalue weighted by atomic mass is 10.0. The zero-order valence-electron chi connectivity index (χ0n) is 12.1. The van der Waals surface area contributed by atoms with Crippen molar-refractivity contribution in [1.82, 2.24) is 5.32 Å². The second-order valence-corrected chi connectivity index (χ2v) is 5.13. The fraction of sp³-hybridized carbons (Fsp3) is 0.176. The minimum absolute atomic E-state index is 0.446. The third-order valence-corrected chi connectivity index (χ3v) is 3.54. The molecule has 2 atom stereocenters. The van der Waals surface area contributed by atoms with Crippen LogP contribution in [-0.2, 0) is 16.1 Å². The smallest absolute Gasteiger partial charge is 0.408 e. The highest BCUT2D eigenvalue weighted by atomic mass is 16.6. The Hall–Kier alpha value is -3.02. The molecule has 0 aliphatic carbocycles. The van der Waals surface area contributed by atoms with Crippen molar-refractivity contribution < 1.29 is 24.2 Å². The molecule has 2 N–H and O–H groups in total. The molecule has 1 amide bonds. The van der Waals surface area contributed by atoms with Gasteiger partial charge in [-0.3, -0.25) is 0 Å². The lowest BCUT2D eigenvalue weighted by Gasteiger charge is -2.14. The SMILES string of the molecule is O=C1N[C@@H](c2ccc(OCc3ccccc3)cc2)[C@@H](C(=O)O)O1. The number of cyclic esters (lactones) is 1. The molecule has 2 aromatic rings. The number of carboxylic acid groups (broad SMARTS) is 1. The number of hydrogen-bond donors (Lipinski definition) is 2. The second kappa shape index (κ2) is 6.39. The summed E-state index contributed by atoms with van der Waals surface area (Å²) in [6, 6.07) is 16.0. The van der Waals surface area contributed by atoms with Crippen LogP contribution in [0.15, 0.2) is 54.6 Å². The van der Waals surface area contributed by atoms with Gasteiger partial charge in [0.15, 0.2) is 0 Å². The minimum atomic E-state index is -1.22. The molecule has 118 valence electrons. The van der Waals surface area contributed by atoms with Crippen molar-refractivity contribution in [3.05, 3.63) is 65.7 Å². The summed E-state index contributed by atoms with van der Waals surface area (Å²) in [7, 11) is 0. The summed E-state index contributed by atoms with van der Waals surface area (Å²) >= 11 is 0. The fourth-order valence-electron chi connectivity index (χ4n) is 2.38. The van der Waals surface area contributed by atoms with E-state index in [1.165, 1.54) is 0 Å². The molecule has 3 rings (SSSR count). The molecule has 2 aromatic carbocycles. The van der Waals surface area contributed by atoms with Crippen LogP contribution < -0.4 is 10.1 Å². The summed E-state index contributed by atoms with van der Waals surface area (Å²) in [4.78, 5) is 22.4. The highest BCUT2D eigenvalue weighted by molar-refractivity contribution is 5.82. The molecule has 6 nitrogen and oxygen atoms in total. The Morgan fingerprint density at radius 1 is 1.13 bits per heavy atom. The van der Waals surface area contributed by atoms with Gasteiger partial charge in [-0.25, -0.2) is 9.59 Å². The van der Waals surface area contributed by atoms with Crippen LogP contribution >= 0.6 is 0 Å². The number of nitrogens with one attached hydrogen (secondary N) is 1. The topological polar surface area (TPSA) is 84.9 Å². The number of benzene rings is 2. The van der Waals surface area contributed by atoms with Crippen LogP contribution in [0.2, 0.25) is 0 Å². The van der Waals surface area contributed by atoms with Gasteiger partial charge in [0.1, 0.15) is 18.4 Å². The van der Waals surface area contributed by atoms with E-state index in [2.05, 4.69) is 5.32 Å². The zero-order chi connectivity index (χ0) is 16.2. The number of carbonyl (C=O) groups excluding carboxylic acids is 1. The maximum Gasteiger partial charge on any atom is 0.408 e. The normalized spacial score (nSPS) is 19.7. The van der Waals surface area contributed by atoms with E-state index in [0.29, 0.717) is 17.9 Å². The molecule has 0 unspecified atom stereocenters. The summed E-state index contributed by atoms with van der Waals surface area (Å²) in [5.74, 6) is -0.521. The zero-order valence-corrected chi connectivity index (χ0v) is 12.1. The van der Waals surface area contributed by atoms with Crippen molar-refractivity contribution >= 4 is 12.1 Å². The molecule has 1 saturated heterocycles. The molecule has 1 heterocycles. The van der Waals surface area contributed by atoms with E-state index in [9.17, 15) is 9.59 Å². The van der Waals surface area contributed by atoms with Crippen molar-refractivity contribution in [2.45, 2.75) is 18.8 Å². The first-order valence-corrected chi connectivity index (χ1v) is 7.10. The molecule has 1 aliphatic heterocycles. The molecule has 0 spiro atoms. The summed E-state index contributed by atoms with van der Waals surface area (Å²) in [5.41, 5.74) is 1.70. The standard InChI is InChI=1S/C17H15NO5/c19-16(20)15-14(18-17(21)23-15)12-6-8-13(9-7-12)22-10-11-4-2-1-3-5-11/h1-9,14-15H,10H2,(H,18,21)(H,19,20)/t14-,15-/m0/s1. The van der Waals surface area contributed by atoms with Crippen LogP contribution in [0.3, 0.4) is 0 Å². The van der Waals surface area contributed by atoms with Crippen molar-refractivity contribution in [2.75, 3.05) is 0 Å². The Morgan fingerprint density at radius 2 is 1.83 bits per heavy atom. The maximum atomic E-state index is 11.2. The lowest BCUT2D eigenvalue weighted by molar-refractivity contribution is -0.146. The van der Waals surface area contributed by atoms with Gasteiger partial charge in [-0.15, -0.1) is 0 Å². The molecule has 0 aromatic heterocycles. The van der Waals surface area contributed by atoms with Gasteiger partial charge >= 0.3 is 12.1 Å². The Balaban J connectivity index is 1.67. The lowest BCUT2D eigenvalue weighted by Crippen LogP contribution is -2.28. The van der Waals surface area contributed by atoms with Gasteiger partial charge in [0.05, 0.1) is 0 Å². The van der Waals surface area contributed by atoms with Gasteiger partial charge in [-0.05, 0) is 23.3 Å². The summed E-state index contributed by atoms with van der Waals surface area (Å²) in [6.45, 7) is 0.446. The van der Waals surface area contributed by atoms with Crippen molar-refractivity contribution in [2.24, 2.45) is 0 Å². The second-order valence-electron chi connectivity index (χ2n) is 5.13. The predicted molar refractivity (Wildman–Crippen MR) is 81.0 cm³/mol.